The molecule has 0 radical (unpaired) electrons. The molecule has 4 rings (SSSR count). The molecule has 1 aromatic rings. The number of nitrogens with two attached hydrogens (primary N) is 1. The molecule has 0 aliphatic heterocycles. The number of hydrogen-bond donors (Lipinski definition) is 1. The number of hydrogen-bond acceptors (Lipinski definition) is 1. The summed E-state index contributed by atoms with van der Waals surface area (Å²) >= 11 is 0. The van der Waals surface area contributed by atoms with Crippen molar-refractivity contribution in [2.45, 2.75) is 63.3 Å². The van der Waals surface area contributed by atoms with Crippen LogP contribution in [0.15, 0.2) is 24.3 Å². The molecule has 0 saturated heterocycles. The van der Waals surface area contributed by atoms with Crippen molar-refractivity contribution >= 4 is 0 Å². The van der Waals surface area contributed by atoms with Gasteiger partial charge in [0.15, 0.2) is 0 Å². The van der Waals surface area contributed by atoms with Gasteiger partial charge in [0.1, 0.15) is 0 Å². The summed E-state index contributed by atoms with van der Waals surface area (Å²) in [4.78, 5) is 0. The van der Waals surface area contributed by atoms with Crippen LogP contribution in [0.25, 0.3) is 0 Å². The highest BCUT2D eigenvalue weighted by Crippen LogP contribution is 2.50. The van der Waals surface area contributed by atoms with Gasteiger partial charge in [-0.15, -0.1) is 0 Å². The molecule has 5 atom stereocenters. The van der Waals surface area contributed by atoms with Crippen LogP contribution >= 0.6 is 0 Å². The van der Waals surface area contributed by atoms with Crippen molar-refractivity contribution in [3.8, 4) is 0 Å². The molecular formula is C19H27N. The first-order valence-electron chi connectivity index (χ1n) is 8.64. The monoisotopic (exact) mass is 269 g/mol. The van der Waals surface area contributed by atoms with Crippen molar-refractivity contribution in [2.75, 3.05) is 0 Å². The maximum Gasteiger partial charge on any atom is 0.00757 e. The quantitative estimate of drug-likeness (QED) is 0.871. The minimum absolute atomic E-state index is 0.446. The van der Waals surface area contributed by atoms with Crippen molar-refractivity contribution in [3.05, 3.63) is 35.4 Å². The van der Waals surface area contributed by atoms with Gasteiger partial charge in [-0.25, -0.2) is 0 Å². The van der Waals surface area contributed by atoms with E-state index in [9.17, 15) is 0 Å². The Morgan fingerprint density at radius 3 is 2.80 bits per heavy atom. The number of aryl methyl sites for hydroxylation is 1. The van der Waals surface area contributed by atoms with Gasteiger partial charge in [0.05, 0.1) is 0 Å². The predicted molar refractivity (Wildman–Crippen MR) is 83.7 cm³/mol. The molecule has 3 aliphatic carbocycles. The Kier molecular flexibility index (Phi) is 3.34. The van der Waals surface area contributed by atoms with Gasteiger partial charge in [0, 0.05) is 6.04 Å². The minimum Gasteiger partial charge on any atom is -0.327 e. The van der Waals surface area contributed by atoms with Gasteiger partial charge in [-0.05, 0) is 79.7 Å². The van der Waals surface area contributed by atoms with Crippen LogP contribution in [0, 0.1) is 17.8 Å². The Labute approximate surface area is 122 Å². The summed E-state index contributed by atoms with van der Waals surface area (Å²) in [7, 11) is 0. The molecule has 5 unspecified atom stereocenters. The second-order valence-corrected chi connectivity index (χ2v) is 7.53. The van der Waals surface area contributed by atoms with E-state index in [1.54, 1.807) is 11.1 Å². The lowest BCUT2D eigenvalue weighted by Gasteiger charge is -2.33. The second-order valence-electron chi connectivity index (χ2n) is 7.53. The highest BCUT2D eigenvalue weighted by molar-refractivity contribution is 5.32. The van der Waals surface area contributed by atoms with Gasteiger partial charge in [0.25, 0.3) is 0 Å². The van der Waals surface area contributed by atoms with Crippen LogP contribution in [0.4, 0.5) is 0 Å². The summed E-state index contributed by atoms with van der Waals surface area (Å²) in [5, 5.41) is 0. The van der Waals surface area contributed by atoms with Crippen LogP contribution in [-0.2, 0) is 6.42 Å². The summed E-state index contributed by atoms with van der Waals surface area (Å²) < 4.78 is 0. The largest absolute Gasteiger partial charge is 0.327 e. The summed E-state index contributed by atoms with van der Waals surface area (Å²) in [6, 6.07) is 9.52. The number of rotatable bonds is 3. The first-order chi connectivity index (χ1) is 9.81. The Hall–Kier alpha value is -0.820. The first kappa shape index (κ1) is 12.9. The Morgan fingerprint density at radius 1 is 1.10 bits per heavy atom. The second kappa shape index (κ2) is 5.18. The van der Waals surface area contributed by atoms with Gasteiger partial charge < -0.3 is 5.73 Å². The average Bonchev–Trinajstić information content (AvgIpc) is 3.10. The zero-order valence-corrected chi connectivity index (χ0v) is 12.4. The third-order valence-corrected chi connectivity index (χ3v) is 6.39. The zero-order valence-electron chi connectivity index (χ0n) is 12.4. The Balaban J connectivity index is 1.47. The van der Waals surface area contributed by atoms with Gasteiger partial charge >= 0.3 is 0 Å². The molecule has 1 nitrogen and oxygen atoms in total. The standard InChI is InChI=1S/C19H27N/c20-19(18-11-13-8-9-16(18)10-13)12-15-6-3-5-14-4-1-2-7-17(14)15/h1-2,4,7,13,15-16,18-19H,3,5-6,8-12,20H2. The Bertz CT molecular complexity index is 480. The van der Waals surface area contributed by atoms with E-state index in [0.29, 0.717) is 6.04 Å². The molecule has 1 aromatic carbocycles. The third kappa shape index (κ3) is 2.20. The van der Waals surface area contributed by atoms with Gasteiger partial charge in [0.2, 0.25) is 0 Å². The van der Waals surface area contributed by atoms with Crippen LogP contribution in [0.3, 0.4) is 0 Å². The molecule has 0 amide bonds. The van der Waals surface area contributed by atoms with E-state index in [-0.39, 0.29) is 0 Å². The molecule has 108 valence electrons. The molecule has 0 spiro atoms. The van der Waals surface area contributed by atoms with Crippen LogP contribution < -0.4 is 5.73 Å². The van der Waals surface area contributed by atoms with Crippen molar-refractivity contribution in [1.82, 2.24) is 0 Å². The zero-order chi connectivity index (χ0) is 13.5. The van der Waals surface area contributed by atoms with E-state index in [4.69, 9.17) is 5.73 Å². The fourth-order valence-electron chi connectivity index (χ4n) is 5.42. The summed E-state index contributed by atoms with van der Waals surface area (Å²) in [6.07, 6.45) is 11.1. The van der Waals surface area contributed by atoms with E-state index >= 15 is 0 Å². The highest BCUT2D eigenvalue weighted by atomic mass is 14.7. The van der Waals surface area contributed by atoms with E-state index in [1.165, 1.54) is 51.4 Å². The SMILES string of the molecule is NC(CC1CCCc2ccccc21)C1CC2CCC1C2. The molecule has 2 fully saturated rings. The maximum atomic E-state index is 6.65. The van der Waals surface area contributed by atoms with E-state index in [0.717, 1.165) is 23.7 Å². The minimum atomic E-state index is 0.446. The first-order valence-corrected chi connectivity index (χ1v) is 8.64. The molecular weight excluding hydrogens is 242 g/mol. The highest BCUT2D eigenvalue weighted by Gasteiger charge is 2.42. The number of benzene rings is 1. The van der Waals surface area contributed by atoms with Crippen LogP contribution in [0.2, 0.25) is 0 Å². The molecule has 20 heavy (non-hydrogen) atoms. The molecule has 2 N–H and O–H groups in total. The van der Waals surface area contributed by atoms with Crippen molar-refractivity contribution in [3.63, 3.8) is 0 Å². The molecule has 2 bridgehead atoms. The molecule has 2 saturated carbocycles. The molecule has 0 aromatic heterocycles. The lowest BCUT2D eigenvalue weighted by Crippen LogP contribution is -2.35. The van der Waals surface area contributed by atoms with E-state index in [1.807, 2.05) is 0 Å². The van der Waals surface area contributed by atoms with Crippen LogP contribution in [0.1, 0.15) is 62.0 Å². The van der Waals surface area contributed by atoms with Crippen molar-refractivity contribution in [1.29, 1.82) is 0 Å². The van der Waals surface area contributed by atoms with Crippen LogP contribution in [-0.4, -0.2) is 6.04 Å². The maximum absolute atomic E-state index is 6.65. The molecule has 0 heterocycles. The van der Waals surface area contributed by atoms with E-state index in [2.05, 4.69) is 24.3 Å². The van der Waals surface area contributed by atoms with Gasteiger partial charge in [-0.3, -0.25) is 0 Å². The van der Waals surface area contributed by atoms with Gasteiger partial charge in [-0.2, -0.15) is 0 Å². The summed E-state index contributed by atoms with van der Waals surface area (Å²) in [5.74, 6) is 3.56. The average molecular weight is 269 g/mol. The fourth-order valence-corrected chi connectivity index (χ4v) is 5.42. The molecule has 3 aliphatic rings. The smallest absolute Gasteiger partial charge is 0.00757 e. The van der Waals surface area contributed by atoms with Crippen molar-refractivity contribution < 1.29 is 0 Å². The summed E-state index contributed by atoms with van der Waals surface area (Å²) in [5.41, 5.74) is 9.85. The lowest BCUT2D eigenvalue weighted by atomic mass is 9.75. The van der Waals surface area contributed by atoms with Crippen LogP contribution in [0.5, 0.6) is 0 Å². The fraction of sp³-hybridized carbons (Fsp3) is 0.684. The normalized spacial score (nSPS) is 36.9. The Morgan fingerprint density at radius 2 is 2.00 bits per heavy atom. The summed E-state index contributed by atoms with van der Waals surface area (Å²) in [6.45, 7) is 0. The predicted octanol–water partition coefficient (Wildman–Crippen LogP) is 4.26. The van der Waals surface area contributed by atoms with E-state index < -0.39 is 0 Å². The number of fused-ring (bicyclic) bond motifs is 3. The molecule has 1 heteroatoms. The van der Waals surface area contributed by atoms with Crippen molar-refractivity contribution in [2.24, 2.45) is 23.5 Å². The lowest BCUT2D eigenvalue weighted by molar-refractivity contribution is 0.259. The van der Waals surface area contributed by atoms with Gasteiger partial charge in [-0.1, -0.05) is 30.7 Å². The third-order valence-electron chi connectivity index (χ3n) is 6.39. The topological polar surface area (TPSA) is 26.0 Å².